The zero-order valence-electron chi connectivity index (χ0n) is 16.3. The van der Waals surface area contributed by atoms with Crippen LogP contribution < -0.4 is 4.90 Å². The summed E-state index contributed by atoms with van der Waals surface area (Å²) in [4.78, 5) is 19.8. The van der Waals surface area contributed by atoms with Crippen molar-refractivity contribution in [1.29, 1.82) is 5.26 Å². The minimum atomic E-state index is -0.0641. The number of nitriles is 1. The molecule has 1 heterocycles. The number of nitrogens with zero attached hydrogens (tertiary/aromatic N) is 3. The molecule has 1 aromatic heterocycles. The smallest absolute Gasteiger partial charge is 0.259 e. The number of aryl methyl sites for hydroxylation is 1. The Balaban J connectivity index is 2.00. The van der Waals surface area contributed by atoms with Crippen molar-refractivity contribution in [3.8, 4) is 6.07 Å². The lowest BCUT2D eigenvalue weighted by Crippen LogP contribution is -2.30. The molecule has 3 rings (SSSR count). The predicted molar refractivity (Wildman–Crippen MR) is 114 cm³/mol. The molecule has 4 nitrogen and oxygen atoms in total. The SMILES string of the molecule is Cc1nc(CC(C)C)sc1N(Cc1cccc(C#N)c1)C(=O)c1ccccc1. The van der Waals surface area contributed by atoms with Crippen LogP contribution in [0, 0.1) is 24.2 Å². The molecule has 1 amide bonds. The van der Waals surface area contributed by atoms with Gasteiger partial charge in [0.25, 0.3) is 5.91 Å². The Labute approximate surface area is 170 Å². The van der Waals surface area contributed by atoms with Crippen LogP contribution >= 0.6 is 11.3 Å². The first-order valence-corrected chi connectivity index (χ1v) is 10.1. The zero-order valence-corrected chi connectivity index (χ0v) is 17.2. The van der Waals surface area contributed by atoms with Gasteiger partial charge in [0.2, 0.25) is 0 Å². The Morgan fingerprint density at radius 1 is 1.18 bits per heavy atom. The van der Waals surface area contributed by atoms with Crippen molar-refractivity contribution >= 4 is 22.2 Å². The van der Waals surface area contributed by atoms with Gasteiger partial charge in [0, 0.05) is 12.0 Å². The van der Waals surface area contributed by atoms with E-state index >= 15 is 0 Å². The van der Waals surface area contributed by atoms with Crippen LogP contribution in [0.5, 0.6) is 0 Å². The van der Waals surface area contributed by atoms with E-state index in [2.05, 4.69) is 19.9 Å². The third-order valence-electron chi connectivity index (χ3n) is 4.31. The van der Waals surface area contributed by atoms with Crippen LogP contribution in [0.4, 0.5) is 5.00 Å². The average molecular weight is 390 g/mol. The summed E-state index contributed by atoms with van der Waals surface area (Å²) in [5, 5.41) is 11.1. The van der Waals surface area contributed by atoms with Gasteiger partial charge in [0.1, 0.15) is 5.00 Å². The average Bonchev–Trinajstić information content (AvgIpc) is 3.05. The van der Waals surface area contributed by atoms with E-state index in [4.69, 9.17) is 4.98 Å². The largest absolute Gasteiger partial charge is 0.294 e. The summed E-state index contributed by atoms with van der Waals surface area (Å²) in [6.07, 6.45) is 0.892. The van der Waals surface area contributed by atoms with E-state index in [-0.39, 0.29) is 5.91 Å². The van der Waals surface area contributed by atoms with Gasteiger partial charge in [-0.05, 0) is 42.7 Å². The highest BCUT2D eigenvalue weighted by Crippen LogP contribution is 2.32. The Morgan fingerprint density at radius 2 is 1.93 bits per heavy atom. The second kappa shape index (κ2) is 8.81. The fourth-order valence-corrected chi connectivity index (χ4v) is 4.30. The van der Waals surface area contributed by atoms with Crippen molar-refractivity contribution in [1.82, 2.24) is 4.98 Å². The van der Waals surface area contributed by atoms with Gasteiger partial charge in [0.15, 0.2) is 0 Å². The fraction of sp³-hybridized carbons (Fsp3) is 0.261. The monoisotopic (exact) mass is 389 g/mol. The molecular formula is C23H23N3OS. The van der Waals surface area contributed by atoms with Crippen molar-refractivity contribution in [3.63, 3.8) is 0 Å². The molecule has 0 radical (unpaired) electrons. The van der Waals surface area contributed by atoms with Gasteiger partial charge in [0.05, 0.1) is 28.9 Å². The van der Waals surface area contributed by atoms with Gasteiger partial charge in [-0.25, -0.2) is 4.98 Å². The molecule has 142 valence electrons. The normalized spacial score (nSPS) is 10.7. The summed E-state index contributed by atoms with van der Waals surface area (Å²) in [5.41, 5.74) is 3.01. The maximum atomic E-state index is 13.3. The third-order valence-corrected chi connectivity index (χ3v) is 5.51. The molecule has 0 saturated carbocycles. The summed E-state index contributed by atoms with van der Waals surface area (Å²) >= 11 is 1.58. The number of carbonyl (C=O) groups is 1. The minimum Gasteiger partial charge on any atom is -0.294 e. The molecule has 0 atom stereocenters. The molecule has 0 saturated heterocycles. The van der Waals surface area contributed by atoms with Gasteiger partial charge in [-0.3, -0.25) is 9.69 Å². The molecule has 2 aromatic carbocycles. The minimum absolute atomic E-state index is 0.0641. The van der Waals surface area contributed by atoms with Crippen molar-refractivity contribution in [2.45, 2.75) is 33.7 Å². The first kappa shape index (κ1) is 19.8. The van der Waals surface area contributed by atoms with Crippen LogP contribution in [0.1, 0.15) is 46.0 Å². The first-order chi connectivity index (χ1) is 13.5. The maximum absolute atomic E-state index is 13.3. The molecule has 0 spiro atoms. The van der Waals surface area contributed by atoms with E-state index in [1.54, 1.807) is 22.3 Å². The predicted octanol–water partition coefficient (Wildman–Crippen LogP) is 5.37. The number of amides is 1. The standard InChI is InChI=1S/C23H23N3OS/c1-16(2)12-21-25-17(3)23(28-21)26(22(27)20-10-5-4-6-11-20)15-19-9-7-8-18(13-19)14-24/h4-11,13,16H,12,15H2,1-3H3. The lowest BCUT2D eigenvalue weighted by molar-refractivity contribution is 0.0985. The lowest BCUT2D eigenvalue weighted by atomic mass is 10.1. The second-order valence-electron chi connectivity index (χ2n) is 7.17. The maximum Gasteiger partial charge on any atom is 0.259 e. The van der Waals surface area contributed by atoms with E-state index in [1.165, 1.54) is 0 Å². The number of hydrogen-bond donors (Lipinski definition) is 0. The number of carbonyl (C=O) groups excluding carboxylic acids is 1. The van der Waals surface area contributed by atoms with Crippen LogP contribution in [0.15, 0.2) is 54.6 Å². The summed E-state index contributed by atoms with van der Waals surface area (Å²) in [6.45, 7) is 6.67. The Kier molecular flexibility index (Phi) is 6.23. The number of thiazole rings is 1. The topological polar surface area (TPSA) is 57.0 Å². The molecular weight excluding hydrogens is 366 g/mol. The molecule has 0 aliphatic rings. The van der Waals surface area contributed by atoms with Crippen LogP contribution in [0.2, 0.25) is 0 Å². The molecule has 0 bridgehead atoms. The van der Waals surface area contributed by atoms with Crippen LogP contribution in [0.25, 0.3) is 0 Å². The summed E-state index contributed by atoms with van der Waals surface area (Å²) in [6, 6.07) is 18.8. The van der Waals surface area contributed by atoms with Crippen molar-refractivity contribution < 1.29 is 4.79 Å². The highest BCUT2D eigenvalue weighted by atomic mass is 32.1. The van der Waals surface area contributed by atoms with Gasteiger partial charge in [-0.15, -0.1) is 11.3 Å². The van der Waals surface area contributed by atoms with E-state index in [9.17, 15) is 10.1 Å². The number of benzene rings is 2. The summed E-state index contributed by atoms with van der Waals surface area (Å²) < 4.78 is 0. The van der Waals surface area contributed by atoms with E-state index < -0.39 is 0 Å². The van der Waals surface area contributed by atoms with Crippen molar-refractivity contribution in [2.24, 2.45) is 5.92 Å². The van der Waals surface area contributed by atoms with E-state index in [1.807, 2.05) is 55.5 Å². The molecule has 0 N–H and O–H groups in total. The van der Waals surface area contributed by atoms with Crippen LogP contribution in [-0.4, -0.2) is 10.9 Å². The van der Waals surface area contributed by atoms with E-state index in [0.29, 0.717) is 23.6 Å². The molecule has 5 heteroatoms. The number of rotatable bonds is 6. The molecule has 0 fully saturated rings. The highest BCUT2D eigenvalue weighted by Gasteiger charge is 2.23. The summed E-state index contributed by atoms with van der Waals surface area (Å²) in [5.74, 6) is 0.440. The lowest BCUT2D eigenvalue weighted by Gasteiger charge is -2.22. The van der Waals surface area contributed by atoms with Crippen molar-refractivity contribution in [2.75, 3.05) is 4.90 Å². The Bertz CT molecular complexity index is 1000. The fourth-order valence-electron chi connectivity index (χ4n) is 3.02. The number of anilines is 1. The number of aromatic nitrogens is 1. The second-order valence-corrected chi connectivity index (χ2v) is 8.23. The zero-order chi connectivity index (χ0) is 20.1. The van der Waals surface area contributed by atoms with Crippen molar-refractivity contribution in [3.05, 3.63) is 82.0 Å². The molecule has 3 aromatic rings. The van der Waals surface area contributed by atoms with Gasteiger partial charge < -0.3 is 0 Å². The molecule has 0 unspecified atom stereocenters. The molecule has 0 aliphatic carbocycles. The number of hydrogen-bond acceptors (Lipinski definition) is 4. The highest BCUT2D eigenvalue weighted by molar-refractivity contribution is 7.16. The van der Waals surface area contributed by atoms with Gasteiger partial charge >= 0.3 is 0 Å². The Hall–Kier alpha value is -2.97. The quantitative estimate of drug-likeness (QED) is 0.569. The van der Waals surface area contributed by atoms with Gasteiger partial charge in [-0.2, -0.15) is 5.26 Å². The molecule has 28 heavy (non-hydrogen) atoms. The molecule has 0 aliphatic heterocycles. The van der Waals surface area contributed by atoms with Crippen LogP contribution in [-0.2, 0) is 13.0 Å². The first-order valence-electron chi connectivity index (χ1n) is 9.30. The third kappa shape index (κ3) is 4.65. The van der Waals surface area contributed by atoms with E-state index in [0.717, 1.165) is 27.7 Å². The summed E-state index contributed by atoms with van der Waals surface area (Å²) in [7, 11) is 0. The Morgan fingerprint density at radius 3 is 2.61 bits per heavy atom. The van der Waals surface area contributed by atoms with Gasteiger partial charge in [-0.1, -0.05) is 44.2 Å². The van der Waals surface area contributed by atoms with Crippen LogP contribution in [0.3, 0.4) is 0 Å².